The van der Waals surface area contributed by atoms with Crippen molar-refractivity contribution < 1.29 is 4.79 Å². The van der Waals surface area contributed by atoms with Crippen LogP contribution in [0.5, 0.6) is 0 Å². The molecule has 0 aliphatic heterocycles. The van der Waals surface area contributed by atoms with E-state index in [-0.39, 0.29) is 11.2 Å². The van der Waals surface area contributed by atoms with Gasteiger partial charge in [-0.2, -0.15) is 0 Å². The first-order valence-corrected chi connectivity index (χ1v) is 9.93. The predicted octanol–water partition coefficient (Wildman–Crippen LogP) is 5.50. The lowest BCUT2D eigenvalue weighted by atomic mass is 10.1. The summed E-state index contributed by atoms with van der Waals surface area (Å²) >= 11 is 11.8. The van der Waals surface area contributed by atoms with Crippen molar-refractivity contribution in [1.82, 2.24) is 15.0 Å². The number of aryl methyl sites for hydroxylation is 1. The van der Waals surface area contributed by atoms with Gasteiger partial charge in [0.15, 0.2) is 0 Å². The van der Waals surface area contributed by atoms with Gasteiger partial charge in [-0.1, -0.05) is 35.4 Å². The van der Waals surface area contributed by atoms with Gasteiger partial charge in [-0.15, -0.1) is 0 Å². The minimum atomic E-state index is -0.248. The van der Waals surface area contributed by atoms with E-state index in [0.717, 1.165) is 22.0 Å². The maximum Gasteiger partial charge on any atom is 0.257 e. The number of anilines is 2. The fourth-order valence-corrected chi connectivity index (χ4v) is 3.24. The van der Waals surface area contributed by atoms with Crippen molar-refractivity contribution in [2.75, 3.05) is 10.6 Å². The van der Waals surface area contributed by atoms with Crippen LogP contribution in [0.15, 0.2) is 60.8 Å². The van der Waals surface area contributed by atoms with Crippen LogP contribution in [0.25, 0.3) is 10.9 Å². The molecule has 0 unspecified atom stereocenters. The van der Waals surface area contributed by atoms with E-state index in [1.165, 1.54) is 6.20 Å². The van der Waals surface area contributed by atoms with Crippen LogP contribution in [-0.2, 0) is 6.54 Å². The number of fused-ring (bicyclic) bond motifs is 1. The first kappa shape index (κ1) is 20.1. The molecular weight excluding hydrogens is 421 g/mol. The third kappa shape index (κ3) is 4.67. The summed E-state index contributed by atoms with van der Waals surface area (Å²) in [5, 5.41) is 7.61. The predicted molar refractivity (Wildman–Crippen MR) is 120 cm³/mol. The number of benzene rings is 2. The van der Waals surface area contributed by atoms with E-state index >= 15 is 0 Å². The highest BCUT2D eigenvalue weighted by atomic mass is 35.5. The molecule has 0 radical (unpaired) electrons. The highest BCUT2D eigenvalue weighted by Crippen LogP contribution is 2.24. The molecule has 0 saturated carbocycles. The molecular formula is C22H17Cl2N5O. The summed E-state index contributed by atoms with van der Waals surface area (Å²) in [6, 6.07) is 16.7. The molecule has 1 amide bonds. The number of rotatable bonds is 5. The number of carbonyl (C=O) groups excluding carboxylic acids is 1. The van der Waals surface area contributed by atoms with Crippen LogP contribution < -0.4 is 10.6 Å². The molecule has 4 rings (SSSR count). The van der Waals surface area contributed by atoms with Crippen LogP contribution in [0.3, 0.4) is 0 Å². The Morgan fingerprint density at radius 3 is 2.53 bits per heavy atom. The molecule has 30 heavy (non-hydrogen) atoms. The number of halogens is 2. The van der Waals surface area contributed by atoms with Crippen molar-refractivity contribution in [2.24, 2.45) is 0 Å². The first-order chi connectivity index (χ1) is 14.5. The number of carbonyl (C=O) groups is 1. The third-order valence-corrected chi connectivity index (χ3v) is 4.88. The summed E-state index contributed by atoms with van der Waals surface area (Å²) in [5.41, 5.74) is 4.06. The molecule has 4 aromatic rings. The van der Waals surface area contributed by atoms with Crippen LogP contribution in [0, 0.1) is 6.92 Å². The smallest absolute Gasteiger partial charge is 0.257 e. The molecule has 8 heteroatoms. The average molecular weight is 438 g/mol. The lowest BCUT2D eigenvalue weighted by Crippen LogP contribution is -2.12. The number of nitrogens with one attached hydrogen (secondary N) is 2. The highest BCUT2D eigenvalue weighted by Gasteiger charge is 2.08. The van der Waals surface area contributed by atoms with E-state index in [0.29, 0.717) is 28.8 Å². The summed E-state index contributed by atoms with van der Waals surface area (Å²) in [5.74, 6) is 0.434. The van der Waals surface area contributed by atoms with Crippen LogP contribution in [0.2, 0.25) is 10.4 Å². The topological polar surface area (TPSA) is 79.8 Å². The van der Waals surface area contributed by atoms with Gasteiger partial charge in [0, 0.05) is 23.8 Å². The van der Waals surface area contributed by atoms with Crippen molar-refractivity contribution in [3.8, 4) is 0 Å². The first-order valence-electron chi connectivity index (χ1n) is 9.17. The molecule has 2 aromatic heterocycles. The molecule has 0 bridgehead atoms. The zero-order valence-corrected chi connectivity index (χ0v) is 17.5. The summed E-state index contributed by atoms with van der Waals surface area (Å²) in [6.07, 6.45) is 1.44. The van der Waals surface area contributed by atoms with E-state index in [9.17, 15) is 4.79 Å². The molecule has 0 atom stereocenters. The van der Waals surface area contributed by atoms with Crippen molar-refractivity contribution in [1.29, 1.82) is 0 Å². The Kier molecular flexibility index (Phi) is 5.79. The SMILES string of the molecule is Cc1ccc2nc(Cl)nc(NCc3ccc(NC(=O)c4ccc(Cl)nc4)cc3)c2c1. The monoisotopic (exact) mass is 437 g/mol. The van der Waals surface area contributed by atoms with Crippen molar-refractivity contribution >= 4 is 51.5 Å². The third-order valence-electron chi connectivity index (χ3n) is 4.49. The van der Waals surface area contributed by atoms with Gasteiger partial charge in [0.05, 0.1) is 11.1 Å². The second kappa shape index (κ2) is 8.65. The Bertz CT molecular complexity index is 1210. The van der Waals surface area contributed by atoms with E-state index in [1.807, 2.05) is 49.4 Å². The number of amides is 1. The zero-order chi connectivity index (χ0) is 21.1. The van der Waals surface area contributed by atoms with Gasteiger partial charge >= 0.3 is 0 Å². The van der Waals surface area contributed by atoms with E-state index in [4.69, 9.17) is 23.2 Å². The van der Waals surface area contributed by atoms with Crippen molar-refractivity contribution in [2.45, 2.75) is 13.5 Å². The Morgan fingerprint density at radius 2 is 1.80 bits per heavy atom. The number of hydrogen-bond acceptors (Lipinski definition) is 5. The maximum atomic E-state index is 12.3. The lowest BCUT2D eigenvalue weighted by molar-refractivity contribution is 0.102. The van der Waals surface area contributed by atoms with Gasteiger partial charge in [0.1, 0.15) is 11.0 Å². The Balaban J connectivity index is 1.44. The quantitative estimate of drug-likeness (QED) is 0.318. The number of hydrogen-bond donors (Lipinski definition) is 2. The molecule has 2 aromatic carbocycles. The number of pyridine rings is 1. The number of nitrogens with zero attached hydrogens (tertiary/aromatic N) is 3. The molecule has 2 heterocycles. The standard InChI is InChI=1S/C22H17Cl2N5O/c1-13-2-8-18-17(10-13)20(29-22(24)28-18)26-11-14-3-6-16(7-4-14)27-21(30)15-5-9-19(23)25-12-15/h2-10,12H,11H2,1H3,(H,27,30)(H,26,28,29). The minimum Gasteiger partial charge on any atom is -0.365 e. The molecule has 2 N–H and O–H groups in total. The number of aromatic nitrogens is 3. The highest BCUT2D eigenvalue weighted by molar-refractivity contribution is 6.29. The second-order valence-corrected chi connectivity index (χ2v) is 7.46. The Labute approximate surface area is 183 Å². The summed E-state index contributed by atoms with van der Waals surface area (Å²) in [4.78, 5) is 24.8. The van der Waals surface area contributed by atoms with Gasteiger partial charge in [0.25, 0.3) is 5.91 Å². The van der Waals surface area contributed by atoms with Crippen molar-refractivity contribution in [3.05, 3.63) is 87.9 Å². The van der Waals surface area contributed by atoms with Gasteiger partial charge < -0.3 is 10.6 Å². The zero-order valence-electron chi connectivity index (χ0n) is 16.0. The van der Waals surface area contributed by atoms with Crippen LogP contribution in [-0.4, -0.2) is 20.9 Å². The molecule has 0 fully saturated rings. The van der Waals surface area contributed by atoms with Gasteiger partial charge in [-0.3, -0.25) is 4.79 Å². The van der Waals surface area contributed by atoms with Crippen LogP contribution in [0.1, 0.15) is 21.5 Å². The maximum absolute atomic E-state index is 12.3. The summed E-state index contributed by atoms with van der Waals surface area (Å²) < 4.78 is 0. The minimum absolute atomic E-state index is 0.198. The fraction of sp³-hybridized carbons (Fsp3) is 0.0909. The fourth-order valence-electron chi connectivity index (χ4n) is 2.95. The van der Waals surface area contributed by atoms with Crippen LogP contribution in [0.4, 0.5) is 11.5 Å². The van der Waals surface area contributed by atoms with Crippen LogP contribution >= 0.6 is 23.2 Å². The summed E-state index contributed by atoms with van der Waals surface area (Å²) in [6.45, 7) is 2.57. The van der Waals surface area contributed by atoms with Gasteiger partial charge in [0.2, 0.25) is 5.28 Å². The van der Waals surface area contributed by atoms with E-state index < -0.39 is 0 Å². The van der Waals surface area contributed by atoms with E-state index in [1.54, 1.807) is 12.1 Å². The second-order valence-electron chi connectivity index (χ2n) is 6.74. The Hall–Kier alpha value is -3.22. The Morgan fingerprint density at radius 1 is 1.00 bits per heavy atom. The molecule has 0 spiro atoms. The molecule has 0 aliphatic rings. The van der Waals surface area contributed by atoms with E-state index in [2.05, 4.69) is 25.6 Å². The largest absolute Gasteiger partial charge is 0.365 e. The van der Waals surface area contributed by atoms with Gasteiger partial charge in [-0.25, -0.2) is 15.0 Å². The summed E-state index contributed by atoms with van der Waals surface area (Å²) in [7, 11) is 0. The van der Waals surface area contributed by atoms with Crippen molar-refractivity contribution in [3.63, 3.8) is 0 Å². The average Bonchev–Trinajstić information content (AvgIpc) is 2.74. The molecule has 150 valence electrons. The normalized spacial score (nSPS) is 10.8. The molecule has 6 nitrogen and oxygen atoms in total. The molecule has 0 aliphatic carbocycles. The van der Waals surface area contributed by atoms with Gasteiger partial charge in [-0.05, 0) is 60.5 Å². The lowest BCUT2D eigenvalue weighted by Gasteiger charge is -2.11. The molecule has 0 saturated heterocycles.